The van der Waals surface area contributed by atoms with E-state index in [1.54, 1.807) is 19.1 Å². The Labute approximate surface area is 158 Å². The number of ketones is 1. The lowest BCUT2D eigenvalue weighted by atomic mass is 10.1. The summed E-state index contributed by atoms with van der Waals surface area (Å²) in [5.41, 5.74) is 4.39. The predicted octanol–water partition coefficient (Wildman–Crippen LogP) is 3.97. The topological polar surface area (TPSA) is 61.2 Å². The van der Waals surface area contributed by atoms with Gasteiger partial charge in [0.05, 0.1) is 23.2 Å². The molecule has 138 valence electrons. The van der Waals surface area contributed by atoms with E-state index < -0.39 is 0 Å². The third-order valence-electron chi connectivity index (χ3n) is 5.03. The van der Waals surface area contributed by atoms with E-state index in [-0.39, 0.29) is 11.8 Å². The first-order chi connectivity index (χ1) is 13.2. The molecule has 0 N–H and O–H groups in total. The van der Waals surface area contributed by atoms with E-state index >= 15 is 0 Å². The Bertz CT molecular complexity index is 1000. The van der Waals surface area contributed by atoms with Crippen molar-refractivity contribution in [3.63, 3.8) is 0 Å². The van der Waals surface area contributed by atoms with Gasteiger partial charge in [-0.3, -0.25) is 4.79 Å². The van der Waals surface area contributed by atoms with E-state index in [1.165, 1.54) is 0 Å². The van der Waals surface area contributed by atoms with Crippen LogP contribution in [0.25, 0.3) is 11.0 Å². The number of hydrogen-bond acceptors (Lipinski definition) is 4. The molecule has 4 rings (SSSR count). The Morgan fingerprint density at radius 3 is 2.74 bits per heavy atom. The summed E-state index contributed by atoms with van der Waals surface area (Å²) in [5, 5.41) is 0. The standard InChI is InChI=1S/C22H22N2O3/c1-2-27-22(26)16-11-8-15(9-12-16)10-13-20-23-18-6-3-5-17-19(25)7-4-14-24(20)21(17)18/h3,5-6,8-9,11-12H,2,4,7,10,13-14H2,1H3. The van der Waals surface area contributed by atoms with E-state index in [2.05, 4.69) is 4.57 Å². The summed E-state index contributed by atoms with van der Waals surface area (Å²) < 4.78 is 7.23. The largest absolute Gasteiger partial charge is 0.462 e. The first-order valence-electron chi connectivity index (χ1n) is 9.44. The highest BCUT2D eigenvalue weighted by atomic mass is 16.5. The van der Waals surface area contributed by atoms with Gasteiger partial charge in [0.25, 0.3) is 0 Å². The van der Waals surface area contributed by atoms with Crippen molar-refractivity contribution in [2.75, 3.05) is 6.61 Å². The minimum atomic E-state index is -0.290. The zero-order chi connectivity index (χ0) is 18.8. The lowest BCUT2D eigenvalue weighted by Gasteiger charge is -2.08. The molecular weight excluding hydrogens is 340 g/mol. The number of aromatic nitrogens is 2. The quantitative estimate of drug-likeness (QED) is 0.644. The Kier molecular flexibility index (Phi) is 4.75. The molecule has 0 atom stereocenters. The van der Waals surface area contributed by atoms with Gasteiger partial charge in [0.2, 0.25) is 0 Å². The maximum atomic E-state index is 12.3. The van der Waals surface area contributed by atoms with Crippen LogP contribution in [0.2, 0.25) is 0 Å². The van der Waals surface area contributed by atoms with Crippen LogP contribution >= 0.6 is 0 Å². The fourth-order valence-electron chi connectivity index (χ4n) is 3.70. The van der Waals surface area contributed by atoms with Crippen molar-refractivity contribution < 1.29 is 14.3 Å². The van der Waals surface area contributed by atoms with Crippen LogP contribution < -0.4 is 0 Å². The Hall–Kier alpha value is -2.95. The van der Waals surface area contributed by atoms with Crippen LogP contribution in [0.4, 0.5) is 0 Å². The molecule has 1 aliphatic rings. The van der Waals surface area contributed by atoms with Gasteiger partial charge in [-0.25, -0.2) is 9.78 Å². The van der Waals surface area contributed by atoms with Crippen molar-refractivity contribution >= 4 is 22.8 Å². The number of carbonyl (C=O) groups is 2. The predicted molar refractivity (Wildman–Crippen MR) is 103 cm³/mol. The highest BCUT2D eigenvalue weighted by Crippen LogP contribution is 2.26. The lowest BCUT2D eigenvalue weighted by molar-refractivity contribution is 0.0526. The average molecular weight is 362 g/mol. The number of para-hydroxylation sites is 1. The molecule has 0 fully saturated rings. The fraction of sp³-hybridized carbons (Fsp3) is 0.318. The summed E-state index contributed by atoms with van der Waals surface area (Å²) >= 11 is 0. The van der Waals surface area contributed by atoms with Crippen LogP contribution in [-0.2, 0) is 24.1 Å². The third kappa shape index (κ3) is 3.37. The minimum Gasteiger partial charge on any atom is -0.462 e. The zero-order valence-corrected chi connectivity index (χ0v) is 15.4. The van der Waals surface area contributed by atoms with E-state index in [1.807, 2.05) is 30.3 Å². The van der Waals surface area contributed by atoms with Gasteiger partial charge < -0.3 is 9.30 Å². The number of ether oxygens (including phenoxy) is 1. The van der Waals surface area contributed by atoms with Crippen LogP contribution in [0.5, 0.6) is 0 Å². The molecule has 2 heterocycles. The normalized spacial score (nSPS) is 13.6. The number of aryl methyl sites for hydroxylation is 3. The van der Waals surface area contributed by atoms with Crippen molar-refractivity contribution in [3.8, 4) is 0 Å². The summed E-state index contributed by atoms with van der Waals surface area (Å²) in [5.74, 6) is 0.934. The SMILES string of the molecule is CCOC(=O)c1ccc(CCc2nc3cccc4c3n2CCCC4=O)cc1. The van der Waals surface area contributed by atoms with Crippen molar-refractivity contribution in [2.24, 2.45) is 0 Å². The lowest BCUT2D eigenvalue weighted by Crippen LogP contribution is -2.06. The van der Waals surface area contributed by atoms with Crippen LogP contribution in [0.15, 0.2) is 42.5 Å². The molecule has 0 aliphatic carbocycles. The van der Waals surface area contributed by atoms with Gasteiger partial charge in [-0.2, -0.15) is 0 Å². The number of esters is 1. The number of hydrogen-bond donors (Lipinski definition) is 0. The molecule has 27 heavy (non-hydrogen) atoms. The zero-order valence-electron chi connectivity index (χ0n) is 15.4. The second-order valence-electron chi connectivity index (χ2n) is 6.80. The first kappa shape index (κ1) is 17.5. The van der Waals surface area contributed by atoms with Crippen LogP contribution in [0.1, 0.15) is 51.9 Å². The Morgan fingerprint density at radius 2 is 1.96 bits per heavy atom. The maximum absolute atomic E-state index is 12.3. The molecule has 0 spiro atoms. The Balaban J connectivity index is 1.56. The number of nitrogens with zero attached hydrogens (tertiary/aromatic N) is 2. The highest BCUT2D eigenvalue weighted by molar-refractivity contribution is 6.06. The first-order valence-corrected chi connectivity index (χ1v) is 9.44. The molecule has 5 nitrogen and oxygen atoms in total. The maximum Gasteiger partial charge on any atom is 0.338 e. The third-order valence-corrected chi connectivity index (χ3v) is 5.03. The number of benzene rings is 2. The Morgan fingerprint density at radius 1 is 1.15 bits per heavy atom. The summed E-state index contributed by atoms with van der Waals surface area (Å²) in [6.07, 6.45) is 3.06. The second-order valence-corrected chi connectivity index (χ2v) is 6.80. The van der Waals surface area contributed by atoms with Crippen molar-refractivity contribution in [1.29, 1.82) is 0 Å². The molecule has 1 aromatic heterocycles. The summed E-state index contributed by atoms with van der Waals surface area (Å²) in [4.78, 5) is 28.9. The summed E-state index contributed by atoms with van der Waals surface area (Å²) in [7, 11) is 0. The molecule has 0 bridgehead atoms. The summed E-state index contributed by atoms with van der Waals surface area (Å²) in [6, 6.07) is 13.3. The van der Waals surface area contributed by atoms with E-state index in [0.717, 1.165) is 53.8 Å². The van der Waals surface area contributed by atoms with Gasteiger partial charge in [0, 0.05) is 24.9 Å². The van der Waals surface area contributed by atoms with Gasteiger partial charge in [0.1, 0.15) is 5.82 Å². The van der Waals surface area contributed by atoms with Crippen LogP contribution in [0, 0.1) is 0 Å². The monoisotopic (exact) mass is 362 g/mol. The molecule has 0 amide bonds. The number of Topliss-reactive ketones (excluding diaryl/α,β-unsaturated/α-hetero) is 1. The molecule has 0 saturated carbocycles. The fourth-order valence-corrected chi connectivity index (χ4v) is 3.70. The number of rotatable bonds is 5. The van der Waals surface area contributed by atoms with Gasteiger partial charge in [-0.05, 0) is 49.6 Å². The number of carbonyl (C=O) groups excluding carboxylic acids is 2. The second kappa shape index (κ2) is 7.35. The van der Waals surface area contributed by atoms with Gasteiger partial charge in [-0.15, -0.1) is 0 Å². The molecule has 0 saturated heterocycles. The molecule has 3 aromatic rings. The van der Waals surface area contributed by atoms with Crippen molar-refractivity contribution in [3.05, 3.63) is 65.0 Å². The van der Waals surface area contributed by atoms with Crippen LogP contribution in [0.3, 0.4) is 0 Å². The van der Waals surface area contributed by atoms with Gasteiger partial charge in [0.15, 0.2) is 5.78 Å². The van der Waals surface area contributed by atoms with Crippen molar-refractivity contribution in [2.45, 2.75) is 39.2 Å². The number of imidazole rings is 1. The summed E-state index contributed by atoms with van der Waals surface area (Å²) in [6.45, 7) is 3.01. The smallest absolute Gasteiger partial charge is 0.338 e. The van der Waals surface area contributed by atoms with E-state index in [0.29, 0.717) is 18.6 Å². The van der Waals surface area contributed by atoms with Crippen LogP contribution in [-0.4, -0.2) is 27.9 Å². The molecule has 0 unspecified atom stereocenters. The van der Waals surface area contributed by atoms with E-state index in [9.17, 15) is 9.59 Å². The van der Waals surface area contributed by atoms with Crippen molar-refractivity contribution in [1.82, 2.24) is 9.55 Å². The average Bonchev–Trinajstić information content (AvgIpc) is 2.94. The van der Waals surface area contributed by atoms with Gasteiger partial charge >= 0.3 is 5.97 Å². The molecule has 1 aliphatic heterocycles. The van der Waals surface area contributed by atoms with Gasteiger partial charge in [-0.1, -0.05) is 18.2 Å². The molecule has 2 aromatic carbocycles. The van der Waals surface area contributed by atoms with E-state index in [4.69, 9.17) is 9.72 Å². The highest BCUT2D eigenvalue weighted by Gasteiger charge is 2.21. The minimum absolute atomic E-state index is 0.209. The molecular formula is C22H22N2O3. The molecule has 5 heteroatoms. The molecule has 0 radical (unpaired) electrons.